The van der Waals surface area contributed by atoms with Crippen molar-refractivity contribution < 1.29 is 17.2 Å². The summed E-state index contributed by atoms with van der Waals surface area (Å²) in [6.07, 6.45) is 1.35. The van der Waals surface area contributed by atoms with Gasteiger partial charge in [-0.3, -0.25) is 4.72 Å². The summed E-state index contributed by atoms with van der Waals surface area (Å²) < 4.78 is 47.5. The minimum absolute atomic E-state index is 0.125. The molecule has 84 valence electrons. The number of nitrogens with zero attached hydrogens (tertiary/aromatic N) is 1. The van der Waals surface area contributed by atoms with Crippen LogP contribution in [-0.4, -0.2) is 19.2 Å². The second-order valence-corrected chi connectivity index (χ2v) is 4.71. The Labute approximate surface area is 90.3 Å². The SMILES string of the molecule is Cc1ccnc(Cl)c1NS(=O)(=O)C(F)F. The Kier molecular flexibility index (Phi) is 3.46. The van der Waals surface area contributed by atoms with E-state index in [1.165, 1.54) is 19.2 Å². The van der Waals surface area contributed by atoms with Crippen molar-refractivity contribution in [1.29, 1.82) is 0 Å². The first kappa shape index (κ1) is 12.1. The van der Waals surface area contributed by atoms with Gasteiger partial charge in [0, 0.05) is 6.20 Å². The van der Waals surface area contributed by atoms with Crippen molar-refractivity contribution in [3.8, 4) is 0 Å². The van der Waals surface area contributed by atoms with E-state index >= 15 is 0 Å². The van der Waals surface area contributed by atoms with Gasteiger partial charge in [-0.25, -0.2) is 13.4 Å². The molecule has 1 aromatic heterocycles. The molecule has 1 rings (SSSR count). The number of hydrogen-bond acceptors (Lipinski definition) is 3. The monoisotopic (exact) mass is 256 g/mol. The van der Waals surface area contributed by atoms with Gasteiger partial charge < -0.3 is 0 Å². The number of hydrogen-bond donors (Lipinski definition) is 1. The summed E-state index contributed by atoms with van der Waals surface area (Å²) in [6, 6.07) is 1.45. The molecule has 0 aliphatic heterocycles. The Morgan fingerprint density at radius 3 is 2.60 bits per heavy atom. The van der Waals surface area contributed by atoms with Gasteiger partial charge in [0.05, 0.1) is 5.69 Å². The van der Waals surface area contributed by atoms with Crippen LogP contribution in [0, 0.1) is 6.92 Å². The second kappa shape index (κ2) is 4.28. The third-order valence-corrected chi connectivity index (χ3v) is 2.84. The van der Waals surface area contributed by atoms with Gasteiger partial charge >= 0.3 is 5.76 Å². The molecule has 0 fully saturated rings. The van der Waals surface area contributed by atoms with E-state index in [-0.39, 0.29) is 10.8 Å². The van der Waals surface area contributed by atoms with Crippen LogP contribution in [0.2, 0.25) is 5.15 Å². The largest absolute Gasteiger partial charge is 0.355 e. The fourth-order valence-corrected chi connectivity index (χ4v) is 1.77. The molecule has 0 aromatic carbocycles. The van der Waals surface area contributed by atoms with E-state index in [4.69, 9.17) is 11.6 Å². The minimum atomic E-state index is -4.70. The smallest absolute Gasteiger partial charge is 0.275 e. The van der Waals surface area contributed by atoms with Gasteiger partial charge in [-0.2, -0.15) is 8.78 Å². The molecule has 1 heterocycles. The van der Waals surface area contributed by atoms with E-state index in [2.05, 4.69) is 4.98 Å². The summed E-state index contributed by atoms with van der Waals surface area (Å²) >= 11 is 5.56. The van der Waals surface area contributed by atoms with Crippen molar-refractivity contribution in [3.63, 3.8) is 0 Å². The maximum Gasteiger partial charge on any atom is 0.355 e. The Bertz CT molecular complexity index is 444. The molecule has 4 nitrogen and oxygen atoms in total. The standard InChI is InChI=1S/C7H7ClF2N2O2S/c1-4-2-3-11-6(8)5(4)12-15(13,14)7(9)10/h2-3,7,12H,1H3. The van der Waals surface area contributed by atoms with Crippen LogP contribution in [0.1, 0.15) is 5.56 Å². The summed E-state index contributed by atoms with van der Waals surface area (Å²) in [7, 11) is -4.70. The molecule has 15 heavy (non-hydrogen) atoms. The minimum Gasteiger partial charge on any atom is -0.275 e. The average Bonchev–Trinajstić information content (AvgIpc) is 2.11. The Morgan fingerprint density at radius 2 is 2.13 bits per heavy atom. The number of nitrogens with one attached hydrogen (secondary N) is 1. The van der Waals surface area contributed by atoms with E-state index in [0.717, 1.165) is 0 Å². The summed E-state index contributed by atoms with van der Waals surface area (Å²) in [5, 5.41) is -0.167. The van der Waals surface area contributed by atoms with Crippen molar-refractivity contribution in [2.24, 2.45) is 0 Å². The van der Waals surface area contributed by atoms with E-state index in [0.29, 0.717) is 5.56 Å². The van der Waals surface area contributed by atoms with Gasteiger partial charge in [-0.15, -0.1) is 0 Å². The summed E-state index contributed by atoms with van der Waals surface area (Å²) in [5.74, 6) is -3.51. The molecule has 1 aromatic rings. The Hall–Kier alpha value is -0.950. The van der Waals surface area contributed by atoms with E-state index in [9.17, 15) is 17.2 Å². The molecule has 0 aliphatic rings. The average molecular weight is 257 g/mol. The first-order chi connectivity index (χ1) is 6.84. The number of aromatic nitrogens is 1. The van der Waals surface area contributed by atoms with Gasteiger partial charge in [-0.05, 0) is 18.6 Å². The highest BCUT2D eigenvalue weighted by Gasteiger charge is 2.25. The third kappa shape index (κ3) is 2.75. The summed E-state index contributed by atoms with van der Waals surface area (Å²) in [6.45, 7) is 1.52. The van der Waals surface area contributed by atoms with Crippen molar-refractivity contribution >= 4 is 27.3 Å². The van der Waals surface area contributed by atoms with Crippen LogP contribution >= 0.6 is 11.6 Å². The fraction of sp³-hybridized carbons (Fsp3) is 0.286. The molecule has 0 bridgehead atoms. The molecular formula is C7H7ClF2N2O2S. The molecular weight excluding hydrogens is 250 g/mol. The molecule has 0 amide bonds. The summed E-state index contributed by atoms with van der Waals surface area (Å²) in [4.78, 5) is 3.58. The van der Waals surface area contributed by atoms with Crippen LogP contribution in [0.5, 0.6) is 0 Å². The van der Waals surface area contributed by atoms with E-state index < -0.39 is 15.8 Å². The zero-order chi connectivity index (χ0) is 11.6. The van der Waals surface area contributed by atoms with Gasteiger partial charge in [0.15, 0.2) is 5.15 Å². The highest BCUT2D eigenvalue weighted by atomic mass is 35.5. The predicted octanol–water partition coefficient (Wildman–Crippen LogP) is 2.01. The van der Waals surface area contributed by atoms with Crippen LogP contribution in [-0.2, 0) is 10.0 Å². The number of sulfonamides is 1. The molecule has 0 spiro atoms. The lowest BCUT2D eigenvalue weighted by Gasteiger charge is -2.10. The molecule has 8 heteroatoms. The molecule has 0 saturated carbocycles. The van der Waals surface area contributed by atoms with Crippen LogP contribution in [0.15, 0.2) is 12.3 Å². The first-order valence-electron chi connectivity index (χ1n) is 3.75. The van der Waals surface area contributed by atoms with Gasteiger partial charge in [-0.1, -0.05) is 11.6 Å². The van der Waals surface area contributed by atoms with Gasteiger partial charge in [0.25, 0.3) is 10.0 Å². The van der Waals surface area contributed by atoms with Crippen molar-refractivity contribution in [3.05, 3.63) is 23.0 Å². The van der Waals surface area contributed by atoms with Crippen LogP contribution < -0.4 is 4.72 Å². The van der Waals surface area contributed by atoms with Crippen LogP contribution in [0.3, 0.4) is 0 Å². The van der Waals surface area contributed by atoms with Crippen molar-refractivity contribution in [1.82, 2.24) is 4.98 Å². The zero-order valence-corrected chi connectivity index (χ0v) is 9.11. The third-order valence-electron chi connectivity index (χ3n) is 1.59. The number of rotatable bonds is 3. The maximum absolute atomic E-state index is 12.0. The lowest BCUT2D eigenvalue weighted by Crippen LogP contribution is -2.21. The second-order valence-electron chi connectivity index (χ2n) is 2.70. The van der Waals surface area contributed by atoms with Crippen LogP contribution in [0.25, 0.3) is 0 Å². The lowest BCUT2D eigenvalue weighted by atomic mass is 10.3. The van der Waals surface area contributed by atoms with Crippen molar-refractivity contribution in [2.75, 3.05) is 4.72 Å². The maximum atomic E-state index is 12.0. The fourth-order valence-electron chi connectivity index (χ4n) is 0.834. The Morgan fingerprint density at radius 1 is 1.53 bits per heavy atom. The topological polar surface area (TPSA) is 59.1 Å². The molecule has 0 saturated heterocycles. The van der Waals surface area contributed by atoms with Gasteiger partial charge in [0.1, 0.15) is 0 Å². The Balaban J connectivity index is 3.11. The van der Waals surface area contributed by atoms with Crippen molar-refractivity contribution in [2.45, 2.75) is 12.7 Å². The molecule has 0 radical (unpaired) electrons. The normalized spacial score (nSPS) is 11.8. The lowest BCUT2D eigenvalue weighted by molar-refractivity contribution is 0.236. The first-order valence-corrected chi connectivity index (χ1v) is 5.68. The highest BCUT2D eigenvalue weighted by molar-refractivity contribution is 7.93. The zero-order valence-electron chi connectivity index (χ0n) is 7.54. The predicted molar refractivity (Wildman–Crippen MR) is 52.5 cm³/mol. The molecule has 0 unspecified atom stereocenters. The molecule has 1 N–H and O–H groups in total. The number of anilines is 1. The highest BCUT2D eigenvalue weighted by Crippen LogP contribution is 2.25. The number of pyridine rings is 1. The molecule has 0 atom stereocenters. The quantitative estimate of drug-likeness (QED) is 0.842. The van der Waals surface area contributed by atoms with Crippen LogP contribution in [0.4, 0.5) is 14.5 Å². The van der Waals surface area contributed by atoms with E-state index in [1.807, 2.05) is 0 Å². The van der Waals surface area contributed by atoms with E-state index in [1.54, 1.807) is 4.72 Å². The summed E-state index contributed by atoms with van der Waals surface area (Å²) in [5.41, 5.74) is 0.290. The number of alkyl halides is 2. The number of halogens is 3. The van der Waals surface area contributed by atoms with Gasteiger partial charge in [0.2, 0.25) is 0 Å². The number of aryl methyl sites for hydroxylation is 1. The molecule has 0 aliphatic carbocycles.